The minimum Gasteiger partial charge on any atom is -0.468 e. The lowest BCUT2D eigenvalue weighted by atomic mass is 10.2. The largest absolute Gasteiger partial charge is 0.468 e. The maximum atomic E-state index is 12.9. The van der Waals surface area contributed by atoms with Gasteiger partial charge in [0, 0.05) is 0 Å². The third-order valence-electron chi connectivity index (χ3n) is 3.87. The Hall–Kier alpha value is -1.93. The van der Waals surface area contributed by atoms with Crippen LogP contribution in [0.5, 0.6) is 0 Å². The van der Waals surface area contributed by atoms with E-state index in [4.69, 9.17) is 0 Å². The number of rotatable bonds is 4. The molecule has 1 aliphatic rings. The fourth-order valence-electron chi connectivity index (χ4n) is 2.67. The summed E-state index contributed by atoms with van der Waals surface area (Å²) in [4.78, 5) is 23.9. The third-order valence-corrected chi connectivity index (χ3v) is 5.80. The summed E-state index contributed by atoms with van der Waals surface area (Å²) in [5.74, 6) is -1.38. The zero-order valence-corrected chi connectivity index (χ0v) is 14.0. The SMILES string of the molecule is COC(=O)[C@@H]1CC[C@@H](C(=O)OC)N1S(=O)(=O)c1ccc(C)cc1. The highest BCUT2D eigenvalue weighted by atomic mass is 32.2. The number of sulfonamides is 1. The lowest BCUT2D eigenvalue weighted by molar-refractivity contribution is -0.147. The summed E-state index contributed by atoms with van der Waals surface area (Å²) >= 11 is 0. The summed E-state index contributed by atoms with van der Waals surface area (Å²) in [6.07, 6.45) is 0.412. The van der Waals surface area contributed by atoms with Crippen LogP contribution in [0.2, 0.25) is 0 Å². The van der Waals surface area contributed by atoms with Crippen molar-refractivity contribution < 1.29 is 27.5 Å². The van der Waals surface area contributed by atoms with E-state index in [0.29, 0.717) is 0 Å². The molecule has 1 heterocycles. The van der Waals surface area contributed by atoms with Gasteiger partial charge in [-0.15, -0.1) is 0 Å². The molecule has 0 unspecified atom stereocenters. The lowest BCUT2D eigenvalue weighted by Crippen LogP contribution is -2.48. The smallest absolute Gasteiger partial charge is 0.324 e. The van der Waals surface area contributed by atoms with Gasteiger partial charge >= 0.3 is 11.9 Å². The highest BCUT2D eigenvalue weighted by Crippen LogP contribution is 2.32. The molecule has 1 aliphatic heterocycles. The Bertz CT molecular complexity index is 673. The number of carbonyl (C=O) groups is 2. The Kier molecular flexibility index (Phi) is 5.06. The first kappa shape index (κ1) is 17.4. The van der Waals surface area contributed by atoms with E-state index < -0.39 is 34.0 Å². The molecule has 0 radical (unpaired) electrons. The second-order valence-electron chi connectivity index (χ2n) is 5.30. The standard InChI is InChI=1S/C15H19NO6S/c1-10-4-6-11(7-5-10)23(19,20)16-12(14(17)21-2)8-9-13(16)15(18)22-3/h4-7,12-13H,8-9H2,1-3H3/t12-,13-/m0/s1. The highest BCUT2D eigenvalue weighted by Gasteiger charge is 2.49. The van der Waals surface area contributed by atoms with E-state index in [1.165, 1.54) is 26.4 Å². The van der Waals surface area contributed by atoms with Crippen LogP contribution in [0.4, 0.5) is 0 Å². The number of hydrogen-bond donors (Lipinski definition) is 0. The lowest BCUT2D eigenvalue weighted by Gasteiger charge is -2.26. The molecule has 7 nitrogen and oxygen atoms in total. The van der Waals surface area contributed by atoms with Crippen LogP contribution < -0.4 is 0 Å². The molecule has 0 bridgehead atoms. The summed E-state index contributed by atoms with van der Waals surface area (Å²) in [5.41, 5.74) is 0.902. The summed E-state index contributed by atoms with van der Waals surface area (Å²) in [7, 11) is -1.66. The number of carbonyl (C=O) groups excluding carboxylic acids is 2. The van der Waals surface area contributed by atoms with Gasteiger partial charge in [-0.3, -0.25) is 9.59 Å². The number of methoxy groups -OCH3 is 2. The van der Waals surface area contributed by atoms with Crippen molar-refractivity contribution in [2.24, 2.45) is 0 Å². The van der Waals surface area contributed by atoms with E-state index in [9.17, 15) is 18.0 Å². The van der Waals surface area contributed by atoms with Gasteiger partial charge in [0.05, 0.1) is 19.1 Å². The van der Waals surface area contributed by atoms with Crippen LogP contribution >= 0.6 is 0 Å². The van der Waals surface area contributed by atoms with E-state index in [2.05, 4.69) is 9.47 Å². The maximum absolute atomic E-state index is 12.9. The van der Waals surface area contributed by atoms with E-state index in [0.717, 1.165) is 9.87 Å². The molecule has 1 saturated heterocycles. The van der Waals surface area contributed by atoms with Gasteiger partial charge in [0.25, 0.3) is 0 Å². The first-order valence-corrected chi connectivity index (χ1v) is 8.52. The van der Waals surface area contributed by atoms with Crippen molar-refractivity contribution in [1.29, 1.82) is 0 Å². The van der Waals surface area contributed by atoms with Crippen LogP contribution in [0.1, 0.15) is 18.4 Å². The maximum Gasteiger partial charge on any atom is 0.324 e. The van der Waals surface area contributed by atoms with Crippen molar-refractivity contribution in [1.82, 2.24) is 4.31 Å². The van der Waals surface area contributed by atoms with Crippen LogP contribution in [-0.4, -0.2) is 51.0 Å². The minimum absolute atomic E-state index is 0.0211. The molecule has 126 valence electrons. The molecule has 1 aromatic carbocycles. The Morgan fingerprint density at radius 2 is 1.43 bits per heavy atom. The fraction of sp³-hybridized carbons (Fsp3) is 0.467. The van der Waals surface area contributed by atoms with Gasteiger partial charge in [0.2, 0.25) is 10.0 Å². The molecule has 0 amide bonds. The van der Waals surface area contributed by atoms with E-state index in [-0.39, 0.29) is 17.7 Å². The number of benzene rings is 1. The molecule has 23 heavy (non-hydrogen) atoms. The van der Waals surface area contributed by atoms with Gasteiger partial charge in [-0.1, -0.05) is 17.7 Å². The van der Waals surface area contributed by atoms with Crippen molar-refractivity contribution in [3.05, 3.63) is 29.8 Å². The Morgan fingerprint density at radius 1 is 1.00 bits per heavy atom. The highest BCUT2D eigenvalue weighted by molar-refractivity contribution is 7.89. The average Bonchev–Trinajstić information content (AvgIpc) is 2.99. The minimum atomic E-state index is -4.03. The summed E-state index contributed by atoms with van der Waals surface area (Å²) < 4.78 is 36.1. The molecular formula is C15H19NO6S. The van der Waals surface area contributed by atoms with Gasteiger partial charge in [0.15, 0.2) is 0 Å². The number of aryl methyl sites for hydroxylation is 1. The predicted octanol–water partition coefficient (Wildman–Crippen LogP) is 0.863. The molecule has 0 aliphatic carbocycles. The number of nitrogens with zero attached hydrogens (tertiary/aromatic N) is 1. The number of esters is 2. The van der Waals surface area contributed by atoms with E-state index >= 15 is 0 Å². The summed E-state index contributed by atoms with van der Waals surface area (Å²) in [6.45, 7) is 1.83. The Labute approximate surface area is 135 Å². The third kappa shape index (κ3) is 3.23. The second-order valence-corrected chi connectivity index (χ2v) is 7.15. The molecule has 1 aromatic rings. The van der Waals surface area contributed by atoms with Crippen LogP contribution in [0.15, 0.2) is 29.2 Å². The predicted molar refractivity (Wildman–Crippen MR) is 81.0 cm³/mol. The van der Waals surface area contributed by atoms with Crippen molar-refractivity contribution in [2.45, 2.75) is 36.7 Å². The Morgan fingerprint density at radius 3 is 1.83 bits per heavy atom. The number of ether oxygens (including phenoxy) is 2. The van der Waals surface area contributed by atoms with Crippen molar-refractivity contribution >= 4 is 22.0 Å². The first-order valence-electron chi connectivity index (χ1n) is 7.08. The molecule has 0 spiro atoms. The quantitative estimate of drug-likeness (QED) is 0.755. The van der Waals surface area contributed by atoms with E-state index in [1.54, 1.807) is 12.1 Å². The molecule has 2 atom stereocenters. The molecule has 0 saturated carbocycles. The molecular weight excluding hydrogens is 322 g/mol. The zero-order valence-electron chi connectivity index (χ0n) is 13.2. The van der Waals surface area contributed by atoms with Crippen molar-refractivity contribution in [3.63, 3.8) is 0 Å². The van der Waals surface area contributed by atoms with Crippen LogP contribution in [0.3, 0.4) is 0 Å². The van der Waals surface area contributed by atoms with Crippen molar-refractivity contribution in [3.8, 4) is 0 Å². The Balaban J connectivity index is 2.49. The summed E-state index contributed by atoms with van der Waals surface area (Å²) in [6, 6.07) is 4.15. The van der Waals surface area contributed by atoms with Crippen molar-refractivity contribution in [2.75, 3.05) is 14.2 Å². The molecule has 8 heteroatoms. The fourth-order valence-corrected chi connectivity index (χ4v) is 4.45. The average molecular weight is 341 g/mol. The molecule has 0 aromatic heterocycles. The van der Waals surface area contributed by atoms with Gasteiger partial charge in [-0.2, -0.15) is 4.31 Å². The zero-order chi connectivity index (χ0) is 17.2. The van der Waals surface area contributed by atoms with Crippen LogP contribution in [0, 0.1) is 6.92 Å². The molecule has 2 rings (SSSR count). The second kappa shape index (κ2) is 6.67. The van der Waals surface area contributed by atoms with Crippen LogP contribution in [-0.2, 0) is 29.1 Å². The van der Waals surface area contributed by atoms with Gasteiger partial charge < -0.3 is 9.47 Å². The monoisotopic (exact) mass is 341 g/mol. The first-order chi connectivity index (χ1) is 10.8. The van der Waals surface area contributed by atoms with E-state index in [1.807, 2.05) is 6.92 Å². The topological polar surface area (TPSA) is 90.0 Å². The van der Waals surface area contributed by atoms with Gasteiger partial charge in [-0.05, 0) is 31.9 Å². The van der Waals surface area contributed by atoms with Gasteiger partial charge in [-0.25, -0.2) is 8.42 Å². The van der Waals surface area contributed by atoms with Gasteiger partial charge in [0.1, 0.15) is 12.1 Å². The molecule has 0 N–H and O–H groups in total. The number of hydrogen-bond acceptors (Lipinski definition) is 6. The molecule has 1 fully saturated rings. The normalized spacial score (nSPS) is 21.9. The van der Waals surface area contributed by atoms with Crippen LogP contribution in [0.25, 0.3) is 0 Å². The summed E-state index contributed by atoms with van der Waals surface area (Å²) in [5, 5.41) is 0.